The van der Waals surface area contributed by atoms with Gasteiger partial charge in [0.1, 0.15) is 5.75 Å². The van der Waals surface area contributed by atoms with Gasteiger partial charge in [-0.1, -0.05) is 18.2 Å². The molecule has 0 aliphatic carbocycles. The van der Waals surface area contributed by atoms with E-state index < -0.39 is 0 Å². The summed E-state index contributed by atoms with van der Waals surface area (Å²) in [7, 11) is 0. The monoisotopic (exact) mass is 290 g/mol. The molecule has 114 valence electrons. The summed E-state index contributed by atoms with van der Waals surface area (Å²) in [4.78, 5) is 25.1. The molecule has 0 bridgehead atoms. The number of imide groups is 1. The Morgan fingerprint density at radius 2 is 1.76 bits per heavy atom. The Kier molecular flexibility index (Phi) is 5.75. The molecule has 21 heavy (non-hydrogen) atoms. The highest BCUT2D eigenvalue weighted by atomic mass is 16.5. The van der Waals surface area contributed by atoms with Crippen molar-refractivity contribution < 1.29 is 14.3 Å². The number of benzene rings is 1. The van der Waals surface area contributed by atoms with Gasteiger partial charge in [0, 0.05) is 31.5 Å². The van der Waals surface area contributed by atoms with E-state index in [1.54, 1.807) is 0 Å². The van der Waals surface area contributed by atoms with E-state index in [0.29, 0.717) is 39.0 Å². The number of rotatable bonds is 6. The Balaban J connectivity index is 1.81. The molecular formula is C16H22N2O3. The zero-order valence-corrected chi connectivity index (χ0v) is 12.2. The molecular weight excluding hydrogens is 268 g/mol. The van der Waals surface area contributed by atoms with E-state index in [-0.39, 0.29) is 11.8 Å². The lowest BCUT2D eigenvalue weighted by Gasteiger charge is -2.18. The van der Waals surface area contributed by atoms with Gasteiger partial charge < -0.3 is 10.5 Å². The number of carbonyl (C=O) groups excluding carboxylic acids is 2. The van der Waals surface area contributed by atoms with Crippen LogP contribution in [0.2, 0.25) is 0 Å². The summed E-state index contributed by atoms with van der Waals surface area (Å²) < 4.78 is 5.69. The van der Waals surface area contributed by atoms with Crippen molar-refractivity contribution in [3.8, 4) is 5.75 Å². The first kappa shape index (κ1) is 15.5. The van der Waals surface area contributed by atoms with Crippen LogP contribution in [0, 0.1) is 0 Å². The second-order valence-electron chi connectivity index (χ2n) is 5.16. The van der Waals surface area contributed by atoms with Crippen LogP contribution in [0.5, 0.6) is 5.75 Å². The zero-order valence-electron chi connectivity index (χ0n) is 12.2. The predicted molar refractivity (Wildman–Crippen MR) is 79.6 cm³/mol. The van der Waals surface area contributed by atoms with E-state index in [1.165, 1.54) is 4.90 Å². The molecule has 1 aromatic rings. The molecule has 5 nitrogen and oxygen atoms in total. The number of nitrogens with zero attached hydrogens (tertiary/aromatic N) is 1. The highest BCUT2D eigenvalue weighted by molar-refractivity contribution is 5.95. The van der Waals surface area contributed by atoms with Gasteiger partial charge in [0.25, 0.3) is 0 Å². The van der Waals surface area contributed by atoms with Gasteiger partial charge in [0.15, 0.2) is 0 Å². The standard InChI is InChI=1S/C16H22N2O3/c17-12-13-6-1-2-7-14(13)21-11-5-10-18-15(19)8-3-4-9-16(18)20/h1-2,6-7H,3-5,8-12,17H2. The van der Waals surface area contributed by atoms with E-state index >= 15 is 0 Å². The Hall–Kier alpha value is -1.88. The number of likely N-dealkylation sites (tertiary alicyclic amines) is 1. The molecule has 0 spiro atoms. The molecule has 0 unspecified atom stereocenters. The topological polar surface area (TPSA) is 72.6 Å². The quantitative estimate of drug-likeness (QED) is 0.641. The molecule has 0 aromatic heterocycles. The van der Waals surface area contributed by atoms with Crippen molar-refractivity contribution in [3.63, 3.8) is 0 Å². The van der Waals surface area contributed by atoms with Crippen molar-refractivity contribution in [2.45, 2.75) is 38.6 Å². The van der Waals surface area contributed by atoms with Gasteiger partial charge in [-0.25, -0.2) is 0 Å². The summed E-state index contributed by atoms with van der Waals surface area (Å²) in [5.74, 6) is 0.660. The summed E-state index contributed by atoms with van der Waals surface area (Å²) >= 11 is 0. The van der Waals surface area contributed by atoms with Crippen LogP contribution in [0.3, 0.4) is 0 Å². The van der Waals surface area contributed by atoms with Crippen molar-refractivity contribution in [2.24, 2.45) is 5.73 Å². The number of hydrogen-bond acceptors (Lipinski definition) is 4. The van der Waals surface area contributed by atoms with Crippen LogP contribution >= 0.6 is 0 Å². The third-order valence-corrected chi connectivity index (χ3v) is 3.61. The molecule has 0 atom stereocenters. The molecule has 0 saturated carbocycles. The lowest BCUT2D eigenvalue weighted by molar-refractivity contribution is -0.143. The second-order valence-corrected chi connectivity index (χ2v) is 5.16. The Bertz CT molecular complexity index is 484. The largest absolute Gasteiger partial charge is 0.493 e. The second kappa shape index (κ2) is 7.78. The van der Waals surface area contributed by atoms with Crippen LogP contribution in [-0.4, -0.2) is 29.9 Å². The maximum atomic E-state index is 11.8. The number of nitrogens with two attached hydrogens (primary N) is 1. The van der Waals surface area contributed by atoms with Crippen LogP contribution < -0.4 is 10.5 Å². The molecule has 1 aromatic carbocycles. The molecule has 0 radical (unpaired) electrons. The van der Waals surface area contributed by atoms with E-state index in [1.807, 2.05) is 24.3 Å². The lowest BCUT2D eigenvalue weighted by Crippen LogP contribution is -2.36. The highest BCUT2D eigenvalue weighted by Crippen LogP contribution is 2.17. The molecule has 1 aliphatic rings. The average Bonchev–Trinajstić information content (AvgIpc) is 2.66. The van der Waals surface area contributed by atoms with E-state index in [4.69, 9.17) is 10.5 Å². The fourth-order valence-electron chi connectivity index (χ4n) is 2.43. The molecule has 1 fully saturated rings. The van der Waals surface area contributed by atoms with Crippen LogP contribution in [0.1, 0.15) is 37.7 Å². The number of carbonyl (C=O) groups is 2. The van der Waals surface area contributed by atoms with Gasteiger partial charge in [-0.2, -0.15) is 0 Å². The lowest BCUT2D eigenvalue weighted by atomic mass is 10.2. The van der Waals surface area contributed by atoms with Crippen molar-refractivity contribution >= 4 is 11.8 Å². The molecule has 5 heteroatoms. The third-order valence-electron chi connectivity index (χ3n) is 3.61. The minimum Gasteiger partial charge on any atom is -0.493 e. The van der Waals surface area contributed by atoms with Gasteiger partial charge in [-0.3, -0.25) is 14.5 Å². The van der Waals surface area contributed by atoms with Gasteiger partial charge in [0.05, 0.1) is 6.61 Å². The van der Waals surface area contributed by atoms with Gasteiger partial charge in [-0.05, 0) is 25.3 Å². The predicted octanol–water partition coefficient (Wildman–Crippen LogP) is 1.84. The van der Waals surface area contributed by atoms with Crippen molar-refractivity contribution in [1.29, 1.82) is 0 Å². The van der Waals surface area contributed by atoms with Crippen molar-refractivity contribution in [2.75, 3.05) is 13.2 Å². The first-order chi connectivity index (χ1) is 10.2. The van der Waals surface area contributed by atoms with E-state index in [9.17, 15) is 9.59 Å². The van der Waals surface area contributed by atoms with Crippen LogP contribution in [0.25, 0.3) is 0 Å². The maximum absolute atomic E-state index is 11.8. The molecule has 2 amide bonds. The minimum atomic E-state index is -0.0557. The fraction of sp³-hybridized carbons (Fsp3) is 0.500. The Labute approximate surface area is 125 Å². The van der Waals surface area contributed by atoms with E-state index in [2.05, 4.69) is 0 Å². The van der Waals surface area contributed by atoms with Crippen LogP contribution in [-0.2, 0) is 16.1 Å². The maximum Gasteiger partial charge on any atom is 0.229 e. The summed E-state index contributed by atoms with van der Waals surface area (Å²) in [6.45, 7) is 1.33. The first-order valence-electron chi connectivity index (χ1n) is 7.46. The van der Waals surface area contributed by atoms with E-state index in [0.717, 1.165) is 24.2 Å². The molecule has 2 N–H and O–H groups in total. The summed E-state index contributed by atoms with van der Waals surface area (Å²) in [5, 5.41) is 0. The van der Waals surface area contributed by atoms with Gasteiger partial charge >= 0.3 is 0 Å². The number of ether oxygens (including phenoxy) is 1. The Morgan fingerprint density at radius 1 is 1.10 bits per heavy atom. The number of hydrogen-bond donors (Lipinski definition) is 1. The van der Waals surface area contributed by atoms with Gasteiger partial charge in [0.2, 0.25) is 11.8 Å². The molecule has 1 aliphatic heterocycles. The van der Waals surface area contributed by atoms with Crippen LogP contribution in [0.15, 0.2) is 24.3 Å². The van der Waals surface area contributed by atoms with Crippen LogP contribution in [0.4, 0.5) is 0 Å². The summed E-state index contributed by atoms with van der Waals surface area (Å²) in [6.07, 6.45) is 3.20. The summed E-state index contributed by atoms with van der Waals surface area (Å²) in [6, 6.07) is 7.63. The normalized spacial score (nSPS) is 16.0. The number of amides is 2. The first-order valence-corrected chi connectivity index (χ1v) is 7.46. The zero-order chi connectivity index (χ0) is 15.1. The third kappa shape index (κ3) is 4.29. The SMILES string of the molecule is NCc1ccccc1OCCCN1C(=O)CCCCC1=O. The smallest absolute Gasteiger partial charge is 0.229 e. The van der Waals surface area contributed by atoms with Crippen molar-refractivity contribution in [1.82, 2.24) is 4.90 Å². The molecule has 2 rings (SSSR count). The molecule has 1 saturated heterocycles. The van der Waals surface area contributed by atoms with Crippen molar-refractivity contribution in [3.05, 3.63) is 29.8 Å². The average molecular weight is 290 g/mol. The summed E-state index contributed by atoms with van der Waals surface area (Å²) in [5.41, 5.74) is 6.61. The van der Waals surface area contributed by atoms with Gasteiger partial charge in [-0.15, -0.1) is 0 Å². The Morgan fingerprint density at radius 3 is 2.43 bits per heavy atom. The fourth-order valence-corrected chi connectivity index (χ4v) is 2.43. The number of para-hydroxylation sites is 1. The highest BCUT2D eigenvalue weighted by Gasteiger charge is 2.23. The molecule has 1 heterocycles. The minimum absolute atomic E-state index is 0.0557.